The van der Waals surface area contributed by atoms with E-state index >= 15 is 0 Å². The molecule has 0 saturated carbocycles. The highest BCUT2D eigenvalue weighted by Crippen LogP contribution is 2.27. The van der Waals surface area contributed by atoms with Gasteiger partial charge in [0.1, 0.15) is 12.3 Å². The predicted octanol–water partition coefficient (Wildman–Crippen LogP) is 2.61. The molecule has 0 fully saturated rings. The van der Waals surface area contributed by atoms with Gasteiger partial charge in [-0.25, -0.2) is 9.36 Å². The van der Waals surface area contributed by atoms with Crippen LogP contribution in [-0.2, 0) is 6.54 Å². The lowest BCUT2D eigenvalue weighted by atomic mass is 10.2. The van der Waals surface area contributed by atoms with Crippen LogP contribution >= 0.6 is 0 Å². The van der Waals surface area contributed by atoms with Crippen molar-refractivity contribution in [1.82, 2.24) is 19.9 Å². The van der Waals surface area contributed by atoms with E-state index in [-0.39, 0.29) is 12.4 Å². The molecule has 8 nitrogen and oxygen atoms in total. The molecule has 0 spiro atoms. The largest absolute Gasteiger partial charge is 0.496 e. The Balaban J connectivity index is 1.67. The molecule has 0 aliphatic rings. The maximum atomic E-state index is 12.0. The molecule has 130 valence electrons. The summed E-state index contributed by atoms with van der Waals surface area (Å²) in [6, 6.07) is 16.6. The Kier molecular flexibility index (Phi) is 4.06. The number of nitrogens with zero attached hydrogens (tertiary/aromatic N) is 4. The molecular formula is C18H14N4O4. The molecule has 0 unspecified atom stereocenters. The van der Waals surface area contributed by atoms with Gasteiger partial charge in [-0.15, -0.1) is 0 Å². The number of ether oxygens (including phenoxy) is 1. The number of methoxy groups -OCH3 is 1. The van der Waals surface area contributed by atoms with Gasteiger partial charge in [-0.05, 0) is 12.1 Å². The van der Waals surface area contributed by atoms with Crippen LogP contribution in [-0.4, -0.2) is 27.0 Å². The van der Waals surface area contributed by atoms with Crippen LogP contribution in [0.25, 0.3) is 22.8 Å². The van der Waals surface area contributed by atoms with E-state index in [1.54, 1.807) is 7.11 Å². The van der Waals surface area contributed by atoms with E-state index in [2.05, 4.69) is 15.3 Å². The predicted molar refractivity (Wildman–Crippen MR) is 91.6 cm³/mol. The smallest absolute Gasteiger partial charge is 0.442 e. The molecule has 0 aliphatic heterocycles. The normalized spacial score (nSPS) is 10.8. The number of hydrogen-bond acceptors (Lipinski definition) is 7. The van der Waals surface area contributed by atoms with E-state index in [1.807, 2.05) is 54.6 Å². The van der Waals surface area contributed by atoms with Crippen molar-refractivity contribution < 1.29 is 13.8 Å². The molecule has 26 heavy (non-hydrogen) atoms. The Morgan fingerprint density at radius 3 is 2.58 bits per heavy atom. The van der Waals surface area contributed by atoms with E-state index in [0.29, 0.717) is 23.0 Å². The third kappa shape index (κ3) is 2.88. The van der Waals surface area contributed by atoms with Gasteiger partial charge in [0.05, 0.1) is 12.7 Å². The quantitative estimate of drug-likeness (QED) is 0.546. The van der Waals surface area contributed by atoms with Gasteiger partial charge >= 0.3 is 5.76 Å². The van der Waals surface area contributed by atoms with Crippen molar-refractivity contribution in [2.24, 2.45) is 0 Å². The van der Waals surface area contributed by atoms with Crippen LogP contribution in [0, 0.1) is 0 Å². The lowest BCUT2D eigenvalue weighted by Gasteiger charge is -2.03. The topological polar surface area (TPSA) is 96.2 Å². The number of para-hydroxylation sites is 1. The second-order valence-corrected chi connectivity index (χ2v) is 5.44. The standard InChI is InChI=1S/C18H14N4O4/c1-24-14-10-6-5-9-13(14)16-19-15(25-20-16)11-22-17(21-26-18(22)23)12-7-3-2-4-8-12/h2-10H,11H2,1H3. The number of aromatic nitrogens is 4. The Morgan fingerprint density at radius 2 is 1.77 bits per heavy atom. The summed E-state index contributed by atoms with van der Waals surface area (Å²) in [5.74, 6) is 1.07. The molecule has 0 radical (unpaired) electrons. The van der Waals surface area contributed by atoms with Crippen LogP contribution in [0.3, 0.4) is 0 Å². The monoisotopic (exact) mass is 350 g/mol. The molecule has 0 saturated heterocycles. The highest BCUT2D eigenvalue weighted by atomic mass is 16.5. The minimum atomic E-state index is -0.596. The fourth-order valence-corrected chi connectivity index (χ4v) is 2.60. The van der Waals surface area contributed by atoms with Gasteiger partial charge in [0.2, 0.25) is 11.7 Å². The summed E-state index contributed by atoms with van der Waals surface area (Å²) in [7, 11) is 1.57. The van der Waals surface area contributed by atoms with Crippen LogP contribution in [0.1, 0.15) is 5.89 Å². The van der Waals surface area contributed by atoms with Crippen molar-refractivity contribution in [2.45, 2.75) is 6.54 Å². The van der Waals surface area contributed by atoms with Gasteiger partial charge in [-0.1, -0.05) is 52.8 Å². The molecule has 2 heterocycles. The summed E-state index contributed by atoms with van der Waals surface area (Å²) >= 11 is 0. The first kappa shape index (κ1) is 15.8. The first-order chi connectivity index (χ1) is 12.8. The number of rotatable bonds is 5. The molecule has 0 bridgehead atoms. The first-order valence-corrected chi connectivity index (χ1v) is 7.84. The zero-order valence-corrected chi connectivity index (χ0v) is 13.8. The number of benzene rings is 2. The van der Waals surface area contributed by atoms with Crippen LogP contribution in [0.15, 0.2) is 68.4 Å². The molecular weight excluding hydrogens is 336 g/mol. The zero-order valence-electron chi connectivity index (χ0n) is 13.8. The van der Waals surface area contributed by atoms with Gasteiger partial charge in [0.15, 0.2) is 5.82 Å². The molecule has 2 aromatic heterocycles. The van der Waals surface area contributed by atoms with Crippen molar-refractivity contribution in [2.75, 3.05) is 7.11 Å². The Labute approximate surface area is 147 Å². The second kappa shape index (κ2) is 6.67. The summed E-state index contributed by atoms with van der Waals surface area (Å²) < 4.78 is 16.7. The van der Waals surface area contributed by atoms with Crippen molar-refractivity contribution in [3.63, 3.8) is 0 Å². The van der Waals surface area contributed by atoms with E-state index < -0.39 is 5.76 Å². The molecule has 0 N–H and O–H groups in total. The van der Waals surface area contributed by atoms with Crippen molar-refractivity contribution in [1.29, 1.82) is 0 Å². The van der Waals surface area contributed by atoms with Crippen LogP contribution in [0.5, 0.6) is 5.75 Å². The Hall–Kier alpha value is -3.68. The SMILES string of the molecule is COc1ccccc1-c1noc(Cn2c(-c3ccccc3)noc2=O)n1. The molecule has 0 atom stereocenters. The first-order valence-electron chi connectivity index (χ1n) is 7.84. The molecule has 0 aliphatic carbocycles. The highest BCUT2D eigenvalue weighted by Gasteiger charge is 2.18. The van der Waals surface area contributed by atoms with Crippen LogP contribution < -0.4 is 10.5 Å². The molecule has 8 heteroatoms. The summed E-state index contributed by atoms with van der Waals surface area (Å²) in [6.45, 7) is 0.0503. The lowest BCUT2D eigenvalue weighted by Crippen LogP contribution is -2.16. The summed E-state index contributed by atoms with van der Waals surface area (Å²) in [5.41, 5.74) is 1.45. The van der Waals surface area contributed by atoms with E-state index in [1.165, 1.54) is 4.57 Å². The molecule has 4 aromatic rings. The Bertz CT molecular complexity index is 1080. The molecule has 0 amide bonds. The summed E-state index contributed by atoms with van der Waals surface area (Å²) in [5, 5.41) is 7.82. The van der Waals surface area contributed by atoms with Gasteiger partial charge < -0.3 is 9.26 Å². The van der Waals surface area contributed by atoms with Gasteiger partial charge in [-0.2, -0.15) is 4.98 Å². The molecule has 4 rings (SSSR count). The van der Waals surface area contributed by atoms with Crippen LogP contribution in [0.2, 0.25) is 0 Å². The average Bonchev–Trinajstić information content (AvgIpc) is 3.30. The number of hydrogen-bond donors (Lipinski definition) is 0. The fourth-order valence-electron chi connectivity index (χ4n) is 2.60. The maximum absolute atomic E-state index is 12.0. The maximum Gasteiger partial charge on any atom is 0.442 e. The van der Waals surface area contributed by atoms with Gasteiger partial charge in [0.25, 0.3) is 0 Å². The minimum absolute atomic E-state index is 0.0503. The van der Waals surface area contributed by atoms with Crippen molar-refractivity contribution in [3.05, 3.63) is 71.0 Å². The van der Waals surface area contributed by atoms with Gasteiger partial charge in [-0.3, -0.25) is 4.52 Å². The second-order valence-electron chi connectivity index (χ2n) is 5.44. The third-order valence-corrected chi connectivity index (χ3v) is 3.83. The Morgan fingerprint density at radius 1 is 1.00 bits per heavy atom. The zero-order chi connectivity index (χ0) is 17.9. The fraction of sp³-hybridized carbons (Fsp3) is 0.111. The lowest BCUT2D eigenvalue weighted by molar-refractivity contribution is 0.353. The van der Waals surface area contributed by atoms with Crippen molar-refractivity contribution >= 4 is 0 Å². The highest BCUT2D eigenvalue weighted by molar-refractivity contribution is 5.63. The minimum Gasteiger partial charge on any atom is -0.496 e. The van der Waals surface area contributed by atoms with Gasteiger partial charge in [0, 0.05) is 5.56 Å². The van der Waals surface area contributed by atoms with Crippen molar-refractivity contribution in [3.8, 4) is 28.5 Å². The summed E-state index contributed by atoms with van der Waals surface area (Å²) in [4.78, 5) is 16.4. The molecule has 2 aromatic carbocycles. The van der Waals surface area contributed by atoms with E-state index in [0.717, 1.165) is 5.56 Å². The summed E-state index contributed by atoms with van der Waals surface area (Å²) in [6.07, 6.45) is 0. The third-order valence-electron chi connectivity index (χ3n) is 3.83. The average molecular weight is 350 g/mol. The van der Waals surface area contributed by atoms with Crippen LogP contribution in [0.4, 0.5) is 0 Å². The van der Waals surface area contributed by atoms with E-state index in [4.69, 9.17) is 13.8 Å². The van der Waals surface area contributed by atoms with E-state index in [9.17, 15) is 4.79 Å².